The standard InChI is InChI=1S/C16H19NO2/c1-14(18)19-16(15-8-3-2-4-9-15)10-7-13-17-11-5-6-12-17/h2-4,8-9,16H,5-6,11-13H2,1H3/t16-/m1/s1. The summed E-state index contributed by atoms with van der Waals surface area (Å²) in [5, 5.41) is 0. The molecule has 1 aliphatic heterocycles. The van der Waals surface area contributed by atoms with Crippen molar-refractivity contribution in [3.05, 3.63) is 35.9 Å². The minimum Gasteiger partial charge on any atom is -0.444 e. The number of nitrogens with zero attached hydrogens (tertiary/aromatic N) is 1. The van der Waals surface area contributed by atoms with Gasteiger partial charge in [0, 0.05) is 12.5 Å². The van der Waals surface area contributed by atoms with Crippen LogP contribution in [0.25, 0.3) is 0 Å². The van der Waals surface area contributed by atoms with Crippen LogP contribution in [0.3, 0.4) is 0 Å². The van der Waals surface area contributed by atoms with Crippen molar-refractivity contribution in [2.75, 3.05) is 19.6 Å². The summed E-state index contributed by atoms with van der Waals surface area (Å²) in [6.45, 7) is 4.42. The highest BCUT2D eigenvalue weighted by Gasteiger charge is 2.12. The molecule has 0 bridgehead atoms. The first-order valence-corrected chi connectivity index (χ1v) is 6.68. The van der Waals surface area contributed by atoms with Crippen molar-refractivity contribution >= 4 is 5.97 Å². The minimum absolute atomic E-state index is 0.302. The smallest absolute Gasteiger partial charge is 0.304 e. The number of hydrogen-bond donors (Lipinski definition) is 0. The summed E-state index contributed by atoms with van der Waals surface area (Å²) in [6, 6.07) is 9.64. The zero-order valence-electron chi connectivity index (χ0n) is 11.3. The molecule has 1 atom stereocenters. The molecule has 1 heterocycles. The highest BCUT2D eigenvalue weighted by Crippen LogP contribution is 2.16. The van der Waals surface area contributed by atoms with Crippen LogP contribution in [0.15, 0.2) is 30.3 Å². The molecule has 100 valence electrons. The van der Waals surface area contributed by atoms with E-state index in [9.17, 15) is 4.79 Å². The first-order chi connectivity index (χ1) is 9.25. The number of carbonyl (C=O) groups excluding carboxylic acids is 1. The molecule has 3 heteroatoms. The fraction of sp³-hybridized carbons (Fsp3) is 0.438. The molecule has 0 unspecified atom stereocenters. The van der Waals surface area contributed by atoms with E-state index in [0.29, 0.717) is 0 Å². The molecule has 0 aromatic heterocycles. The molecule has 1 fully saturated rings. The van der Waals surface area contributed by atoms with Gasteiger partial charge >= 0.3 is 5.97 Å². The maximum Gasteiger partial charge on any atom is 0.304 e. The number of esters is 1. The Bertz CT molecular complexity index is 467. The second kappa shape index (κ2) is 6.96. The van der Waals surface area contributed by atoms with Gasteiger partial charge in [-0.1, -0.05) is 42.2 Å². The molecule has 0 N–H and O–H groups in total. The number of benzene rings is 1. The highest BCUT2D eigenvalue weighted by molar-refractivity contribution is 5.66. The van der Waals surface area contributed by atoms with Crippen LogP contribution < -0.4 is 0 Å². The van der Waals surface area contributed by atoms with Gasteiger partial charge in [0.25, 0.3) is 0 Å². The molecule has 2 rings (SSSR count). The molecule has 0 amide bonds. The van der Waals surface area contributed by atoms with Gasteiger partial charge in [-0.05, 0) is 25.9 Å². The van der Waals surface area contributed by atoms with Crippen LogP contribution in [0, 0.1) is 11.8 Å². The van der Waals surface area contributed by atoms with Gasteiger partial charge in [0.2, 0.25) is 0 Å². The predicted molar refractivity (Wildman–Crippen MR) is 74.4 cm³/mol. The van der Waals surface area contributed by atoms with E-state index in [1.165, 1.54) is 19.8 Å². The summed E-state index contributed by atoms with van der Waals surface area (Å²) in [5.74, 6) is 5.89. The maximum absolute atomic E-state index is 11.1. The molecule has 3 nitrogen and oxygen atoms in total. The average Bonchev–Trinajstić information content (AvgIpc) is 2.91. The third kappa shape index (κ3) is 4.42. The Morgan fingerprint density at radius 2 is 2.00 bits per heavy atom. The molecule has 1 aromatic carbocycles. The van der Waals surface area contributed by atoms with Crippen molar-refractivity contribution < 1.29 is 9.53 Å². The Morgan fingerprint density at radius 3 is 2.63 bits per heavy atom. The van der Waals surface area contributed by atoms with E-state index in [2.05, 4.69) is 16.7 Å². The van der Waals surface area contributed by atoms with E-state index in [1.807, 2.05) is 30.3 Å². The summed E-state index contributed by atoms with van der Waals surface area (Å²) in [4.78, 5) is 13.5. The Hall–Kier alpha value is -1.79. The second-order valence-corrected chi connectivity index (χ2v) is 4.70. The zero-order valence-corrected chi connectivity index (χ0v) is 11.3. The molecule has 19 heavy (non-hydrogen) atoms. The second-order valence-electron chi connectivity index (χ2n) is 4.70. The number of hydrogen-bond acceptors (Lipinski definition) is 3. The lowest BCUT2D eigenvalue weighted by Crippen LogP contribution is -2.19. The first-order valence-electron chi connectivity index (χ1n) is 6.68. The van der Waals surface area contributed by atoms with Gasteiger partial charge in [-0.15, -0.1) is 0 Å². The van der Waals surface area contributed by atoms with Crippen LogP contribution in [0.4, 0.5) is 0 Å². The van der Waals surface area contributed by atoms with Crippen molar-refractivity contribution in [3.63, 3.8) is 0 Å². The lowest BCUT2D eigenvalue weighted by molar-refractivity contribution is -0.144. The predicted octanol–water partition coefficient (Wildman–Crippen LogP) is 2.39. The molecule has 0 aliphatic carbocycles. The van der Waals surface area contributed by atoms with E-state index in [-0.39, 0.29) is 5.97 Å². The SMILES string of the molecule is CC(=O)O[C@H](C#CCN1CCCC1)c1ccccc1. The van der Waals surface area contributed by atoms with Crippen molar-refractivity contribution in [1.82, 2.24) is 4.90 Å². The van der Waals surface area contributed by atoms with Gasteiger partial charge < -0.3 is 4.74 Å². The van der Waals surface area contributed by atoms with Gasteiger partial charge in [0.1, 0.15) is 0 Å². The summed E-state index contributed by atoms with van der Waals surface area (Å²) in [6.07, 6.45) is 2.06. The number of rotatable bonds is 3. The largest absolute Gasteiger partial charge is 0.444 e. The monoisotopic (exact) mass is 257 g/mol. The maximum atomic E-state index is 11.1. The topological polar surface area (TPSA) is 29.5 Å². The van der Waals surface area contributed by atoms with Crippen molar-refractivity contribution in [3.8, 4) is 11.8 Å². The molecule has 0 radical (unpaired) electrons. The zero-order chi connectivity index (χ0) is 13.5. The lowest BCUT2D eigenvalue weighted by atomic mass is 10.1. The molecular weight excluding hydrogens is 238 g/mol. The summed E-state index contributed by atoms with van der Waals surface area (Å²) in [5.41, 5.74) is 0.923. The summed E-state index contributed by atoms with van der Waals surface area (Å²) < 4.78 is 5.27. The molecule has 1 saturated heterocycles. The highest BCUT2D eigenvalue weighted by atomic mass is 16.5. The van der Waals surface area contributed by atoms with Crippen LogP contribution in [0.5, 0.6) is 0 Å². The number of likely N-dealkylation sites (tertiary alicyclic amines) is 1. The van der Waals surface area contributed by atoms with Gasteiger partial charge in [-0.3, -0.25) is 9.69 Å². The Morgan fingerprint density at radius 1 is 1.32 bits per heavy atom. The van der Waals surface area contributed by atoms with Crippen molar-refractivity contribution in [1.29, 1.82) is 0 Å². The Balaban J connectivity index is 2.01. The van der Waals surface area contributed by atoms with E-state index >= 15 is 0 Å². The molecule has 1 aromatic rings. The minimum atomic E-state index is -0.457. The third-order valence-electron chi connectivity index (χ3n) is 3.12. The molecule has 1 aliphatic rings. The summed E-state index contributed by atoms with van der Waals surface area (Å²) in [7, 11) is 0. The Kier molecular flexibility index (Phi) is 5.00. The van der Waals surface area contributed by atoms with Crippen molar-refractivity contribution in [2.24, 2.45) is 0 Å². The number of ether oxygens (including phenoxy) is 1. The summed E-state index contributed by atoms with van der Waals surface area (Å²) >= 11 is 0. The van der Waals surface area contributed by atoms with Crippen LogP contribution in [-0.4, -0.2) is 30.5 Å². The Labute approximate surface area is 114 Å². The van der Waals surface area contributed by atoms with Crippen LogP contribution in [0.1, 0.15) is 31.4 Å². The van der Waals surface area contributed by atoms with Crippen molar-refractivity contribution in [2.45, 2.75) is 25.9 Å². The lowest BCUT2D eigenvalue weighted by Gasteiger charge is -2.12. The van der Waals surface area contributed by atoms with Gasteiger partial charge in [0.15, 0.2) is 6.10 Å². The van der Waals surface area contributed by atoms with E-state index < -0.39 is 6.10 Å². The third-order valence-corrected chi connectivity index (χ3v) is 3.12. The fourth-order valence-electron chi connectivity index (χ4n) is 2.17. The molecule has 0 saturated carbocycles. The normalized spacial score (nSPS) is 16.5. The quantitative estimate of drug-likeness (QED) is 0.615. The van der Waals surface area contributed by atoms with Gasteiger partial charge in [0.05, 0.1) is 6.54 Å². The van der Waals surface area contributed by atoms with Gasteiger partial charge in [-0.25, -0.2) is 0 Å². The van der Waals surface area contributed by atoms with Gasteiger partial charge in [-0.2, -0.15) is 0 Å². The van der Waals surface area contributed by atoms with E-state index in [4.69, 9.17) is 4.74 Å². The molecule has 0 spiro atoms. The van der Waals surface area contributed by atoms with E-state index in [1.54, 1.807) is 0 Å². The average molecular weight is 257 g/mol. The van der Waals surface area contributed by atoms with Crippen LogP contribution >= 0.6 is 0 Å². The molecular formula is C16H19NO2. The number of carbonyl (C=O) groups is 1. The van der Waals surface area contributed by atoms with Crippen LogP contribution in [0.2, 0.25) is 0 Å². The first kappa shape index (κ1) is 13.6. The van der Waals surface area contributed by atoms with E-state index in [0.717, 1.165) is 25.2 Å². The fourth-order valence-corrected chi connectivity index (χ4v) is 2.17. The van der Waals surface area contributed by atoms with Crippen LogP contribution in [-0.2, 0) is 9.53 Å².